The van der Waals surface area contributed by atoms with Crippen LogP contribution < -0.4 is 5.32 Å². The van der Waals surface area contributed by atoms with E-state index in [0.29, 0.717) is 6.54 Å². The number of carbonyl (C=O) groups excluding carboxylic acids is 1. The second kappa shape index (κ2) is 9.43. The highest BCUT2D eigenvalue weighted by molar-refractivity contribution is 7.98. The fourth-order valence-corrected chi connectivity index (χ4v) is 3.10. The van der Waals surface area contributed by atoms with E-state index >= 15 is 0 Å². The maximum Gasteiger partial charge on any atom is 0.244 e. The fourth-order valence-electron chi connectivity index (χ4n) is 1.95. The van der Waals surface area contributed by atoms with E-state index in [1.807, 2.05) is 61.5 Å². The fraction of sp³-hybridized carbons (Fsp3) is 0.211. The number of thioether (sulfide) groups is 1. The summed E-state index contributed by atoms with van der Waals surface area (Å²) in [5.41, 5.74) is 3.37. The van der Waals surface area contributed by atoms with E-state index in [2.05, 4.69) is 5.32 Å². The molecule has 0 fully saturated rings. The Hall–Kier alpha value is -1.71. The molecule has 2 aromatic carbocycles. The van der Waals surface area contributed by atoms with Gasteiger partial charge in [0.15, 0.2) is 0 Å². The van der Waals surface area contributed by atoms with Gasteiger partial charge in [-0.15, -0.1) is 0 Å². The molecule has 0 aliphatic carbocycles. The van der Waals surface area contributed by atoms with Crippen molar-refractivity contribution in [3.63, 3.8) is 0 Å². The summed E-state index contributed by atoms with van der Waals surface area (Å²) >= 11 is 7.86. The Morgan fingerprint density at radius 1 is 1.17 bits per heavy atom. The highest BCUT2D eigenvalue weighted by Gasteiger charge is 1.99. The van der Waals surface area contributed by atoms with E-state index < -0.39 is 0 Å². The number of hydrogen-bond acceptors (Lipinski definition) is 2. The van der Waals surface area contributed by atoms with Crippen LogP contribution in [-0.2, 0) is 10.5 Å². The average molecular weight is 346 g/mol. The third-order valence-corrected chi connectivity index (χ3v) is 4.64. The van der Waals surface area contributed by atoms with Gasteiger partial charge in [-0.2, -0.15) is 11.8 Å². The standard InChI is InChI=1S/C19H20ClNOS/c1-15-6-8-16(9-7-15)10-11-19(22)21-12-13-23-14-17-4-2-3-5-18(17)20/h2-11H,12-14H2,1H3,(H,21,22)/b11-10+. The summed E-state index contributed by atoms with van der Waals surface area (Å²) in [5.74, 6) is 1.65. The van der Waals surface area contributed by atoms with Gasteiger partial charge in [0.2, 0.25) is 5.91 Å². The van der Waals surface area contributed by atoms with Crippen LogP contribution in [0.15, 0.2) is 54.6 Å². The molecule has 2 nitrogen and oxygen atoms in total. The van der Waals surface area contributed by atoms with Gasteiger partial charge in [-0.1, -0.05) is 59.6 Å². The predicted molar refractivity (Wildman–Crippen MR) is 101 cm³/mol. The van der Waals surface area contributed by atoms with E-state index in [1.165, 1.54) is 5.56 Å². The summed E-state index contributed by atoms with van der Waals surface area (Å²) in [5, 5.41) is 3.68. The van der Waals surface area contributed by atoms with Crippen molar-refractivity contribution in [2.75, 3.05) is 12.3 Å². The van der Waals surface area contributed by atoms with Gasteiger partial charge in [0.1, 0.15) is 0 Å². The van der Waals surface area contributed by atoms with E-state index in [9.17, 15) is 4.79 Å². The molecule has 4 heteroatoms. The minimum Gasteiger partial charge on any atom is -0.352 e. The molecule has 0 heterocycles. The third kappa shape index (κ3) is 6.51. The molecular formula is C19H20ClNOS. The van der Waals surface area contributed by atoms with Crippen molar-refractivity contribution < 1.29 is 4.79 Å². The first-order valence-electron chi connectivity index (χ1n) is 7.49. The molecule has 0 atom stereocenters. The number of nitrogens with one attached hydrogen (secondary N) is 1. The van der Waals surface area contributed by atoms with Gasteiger partial charge >= 0.3 is 0 Å². The number of rotatable bonds is 7. The topological polar surface area (TPSA) is 29.1 Å². The lowest BCUT2D eigenvalue weighted by Crippen LogP contribution is -2.23. The Morgan fingerprint density at radius 2 is 1.91 bits per heavy atom. The minimum atomic E-state index is -0.0658. The zero-order valence-corrected chi connectivity index (χ0v) is 14.7. The van der Waals surface area contributed by atoms with Gasteiger partial charge in [0.05, 0.1) is 0 Å². The number of carbonyl (C=O) groups is 1. The summed E-state index contributed by atoms with van der Waals surface area (Å²) in [6, 6.07) is 15.9. The zero-order valence-electron chi connectivity index (χ0n) is 13.1. The lowest BCUT2D eigenvalue weighted by molar-refractivity contribution is -0.116. The molecule has 2 rings (SSSR count). The molecule has 0 spiro atoms. The third-order valence-electron chi connectivity index (χ3n) is 3.27. The van der Waals surface area contributed by atoms with Crippen LogP contribution in [0.2, 0.25) is 5.02 Å². The van der Waals surface area contributed by atoms with Crippen LogP contribution in [0, 0.1) is 6.92 Å². The van der Waals surface area contributed by atoms with Crippen LogP contribution >= 0.6 is 23.4 Å². The normalized spacial score (nSPS) is 10.9. The van der Waals surface area contributed by atoms with Gasteiger partial charge in [0, 0.05) is 29.1 Å². The lowest BCUT2D eigenvalue weighted by Gasteiger charge is -2.04. The predicted octanol–water partition coefficient (Wildman–Crippen LogP) is 4.71. The first kappa shape index (κ1) is 17.6. The van der Waals surface area contributed by atoms with Crippen LogP contribution in [0.5, 0.6) is 0 Å². The van der Waals surface area contributed by atoms with E-state index in [1.54, 1.807) is 17.8 Å². The van der Waals surface area contributed by atoms with Gasteiger partial charge in [-0.3, -0.25) is 4.79 Å². The van der Waals surface area contributed by atoms with Gasteiger partial charge < -0.3 is 5.32 Å². The SMILES string of the molecule is Cc1ccc(/C=C/C(=O)NCCSCc2ccccc2Cl)cc1. The highest BCUT2D eigenvalue weighted by atomic mass is 35.5. The number of benzene rings is 2. The Morgan fingerprint density at radius 3 is 2.65 bits per heavy atom. The molecule has 1 N–H and O–H groups in total. The lowest BCUT2D eigenvalue weighted by atomic mass is 10.1. The maximum atomic E-state index is 11.7. The van der Waals surface area contributed by atoms with E-state index in [0.717, 1.165) is 27.7 Å². The largest absolute Gasteiger partial charge is 0.352 e. The Kier molecular flexibility index (Phi) is 7.24. The Balaban J connectivity index is 1.65. The van der Waals surface area contributed by atoms with Gasteiger partial charge in [-0.25, -0.2) is 0 Å². The van der Waals surface area contributed by atoms with Gasteiger partial charge in [0.25, 0.3) is 0 Å². The van der Waals surface area contributed by atoms with Crippen molar-refractivity contribution >= 4 is 35.3 Å². The Bertz CT molecular complexity index is 667. The zero-order chi connectivity index (χ0) is 16.5. The van der Waals surface area contributed by atoms with Gasteiger partial charge in [-0.05, 0) is 30.2 Å². The van der Waals surface area contributed by atoms with Crippen molar-refractivity contribution in [1.82, 2.24) is 5.32 Å². The first-order chi connectivity index (χ1) is 11.1. The molecule has 0 saturated carbocycles. The van der Waals surface area contributed by atoms with Crippen molar-refractivity contribution in [3.8, 4) is 0 Å². The number of amides is 1. The second-order valence-electron chi connectivity index (χ2n) is 5.18. The van der Waals surface area contributed by atoms with Crippen LogP contribution in [0.25, 0.3) is 6.08 Å². The number of halogens is 1. The molecule has 0 aliphatic heterocycles. The van der Waals surface area contributed by atoms with Crippen LogP contribution in [-0.4, -0.2) is 18.2 Å². The second-order valence-corrected chi connectivity index (χ2v) is 6.69. The number of aryl methyl sites for hydroxylation is 1. The summed E-state index contributed by atoms with van der Waals surface area (Å²) in [6.07, 6.45) is 3.40. The van der Waals surface area contributed by atoms with Crippen LogP contribution in [0.3, 0.4) is 0 Å². The van der Waals surface area contributed by atoms with Crippen molar-refractivity contribution in [2.45, 2.75) is 12.7 Å². The molecule has 23 heavy (non-hydrogen) atoms. The molecule has 0 aromatic heterocycles. The molecule has 0 radical (unpaired) electrons. The summed E-state index contributed by atoms with van der Waals surface area (Å²) in [7, 11) is 0. The first-order valence-corrected chi connectivity index (χ1v) is 9.02. The van der Waals surface area contributed by atoms with Crippen molar-refractivity contribution in [3.05, 3.63) is 76.3 Å². The maximum absolute atomic E-state index is 11.7. The molecule has 2 aromatic rings. The molecule has 1 amide bonds. The smallest absolute Gasteiger partial charge is 0.244 e. The molecule has 0 bridgehead atoms. The van der Waals surface area contributed by atoms with E-state index in [-0.39, 0.29) is 5.91 Å². The molecule has 0 unspecified atom stereocenters. The minimum absolute atomic E-state index is 0.0658. The van der Waals surface area contributed by atoms with E-state index in [4.69, 9.17) is 11.6 Å². The van der Waals surface area contributed by atoms with Crippen LogP contribution in [0.4, 0.5) is 0 Å². The summed E-state index contributed by atoms with van der Waals surface area (Å²) in [6.45, 7) is 2.69. The quantitative estimate of drug-likeness (QED) is 0.581. The Labute approximate surface area is 146 Å². The number of hydrogen-bond donors (Lipinski definition) is 1. The molecule has 120 valence electrons. The van der Waals surface area contributed by atoms with Crippen molar-refractivity contribution in [1.29, 1.82) is 0 Å². The average Bonchev–Trinajstić information content (AvgIpc) is 2.55. The molecule has 0 aliphatic rings. The highest BCUT2D eigenvalue weighted by Crippen LogP contribution is 2.20. The van der Waals surface area contributed by atoms with Crippen LogP contribution in [0.1, 0.15) is 16.7 Å². The molecular weight excluding hydrogens is 326 g/mol. The molecule has 0 saturated heterocycles. The monoisotopic (exact) mass is 345 g/mol. The summed E-state index contributed by atoms with van der Waals surface area (Å²) < 4.78 is 0. The van der Waals surface area contributed by atoms with Crippen molar-refractivity contribution in [2.24, 2.45) is 0 Å². The summed E-state index contributed by atoms with van der Waals surface area (Å²) in [4.78, 5) is 11.7.